The molecule has 0 unspecified atom stereocenters. The minimum Gasteiger partial charge on any atom is -0.355 e. The van der Waals surface area contributed by atoms with Crippen LogP contribution >= 0.6 is 12.6 Å². The highest BCUT2D eigenvalue weighted by atomic mass is 32.1. The summed E-state index contributed by atoms with van der Waals surface area (Å²) in [5.74, 6) is 4.68. The number of hydrogen-bond acceptors (Lipinski definition) is 4. The number of carbonyl (C=O) groups is 1. The van der Waals surface area contributed by atoms with Crippen LogP contribution in [0, 0.1) is 0 Å². The zero-order valence-electron chi connectivity index (χ0n) is 7.56. The molecule has 0 heterocycles. The number of carbonyl (C=O) groups excluding carboxylic acids is 1. The molecule has 0 bridgehead atoms. The second-order valence-corrected chi connectivity index (χ2v) is 2.98. The Labute approximate surface area is 86.8 Å². The van der Waals surface area contributed by atoms with Crippen LogP contribution in [0.2, 0.25) is 0 Å². The Bertz CT molecular complexity index is 378. The van der Waals surface area contributed by atoms with Gasteiger partial charge in [0.25, 0.3) is 5.91 Å². The van der Waals surface area contributed by atoms with Gasteiger partial charge in [-0.25, -0.2) is 0 Å². The van der Waals surface area contributed by atoms with Crippen LogP contribution in [0.4, 0.5) is 5.69 Å². The topological polar surface area (TPSA) is 79.8 Å². The molecule has 1 aromatic rings. The SMILES string of the molecule is CNC(=O)c1cc(N=NN)ccc1S. The maximum absolute atomic E-state index is 11.3. The number of thiol groups is 1. The summed E-state index contributed by atoms with van der Waals surface area (Å²) in [5.41, 5.74) is 0.963. The van der Waals surface area contributed by atoms with Gasteiger partial charge >= 0.3 is 0 Å². The van der Waals surface area contributed by atoms with Crippen molar-refractivity contribution in [3.05, 3.63) is 23.8 Å². The van der Waals surface area contributed by atoms with Crippen molar-refractivity contribution in [2.45, 2.75) is 4.90 Å². The molecule has 74 valence electrons. The molecule has 1 aromatic carbocycles. The van der Waals surface area contributed by atoms with Crippen LogP contribution < -0.4 is 11.2 Å². The highest BCUT2D eigenvalue weighted by Gasteiger charge is 2.08. The Morgan fingerprint density at radius 1 is 1.57 bits per heavy atom. The number of nitrogens with one attached hydrogen (secondary N) is 1. The fourth-order valence-electron chi connectivity index (χ4n) is 0.969. The van der Waals surface area contributed by atoms with Gasteiger partial charge in [-0.15, -0.1) is 17.7 Å². The summed E-state index contributed by atoms with van der Waals surface area (Å²) in [7, 11) is 1.55. The number of nitrogens with zero attached hydrogens (tertiary/aromatic N) is 2. The maximum Gasteiger partial charge on any atom is 0.252 e. The molecule has 0 aliphatic heterocycles. The van der Waals surface area contributed by atoms with Crippen molar-refractivity contribution < 1.29 is 4.79 Å². The molecular formula is C8H10N4OS. The third-order valence-electron chi connectivity index (χ3n) is 1.63. The van der Waals surface area contributed by atoms with E-state index in [1.54, 1.807) is 25.2 Å². The van der Waals surface area contributed by atoms with E-state index in [1.165, 1.54) is 0 Å². The Balaban J connectivity index is 3.14. The summed E-state index contributed by atoms with van der Waals surface area (Å²) in [6, 6.07) is 4.90. The minimum absolute atomic E-state index is 0.218. The number of benzene rings is 1. The predicted molar refractivity (Wildman–Crippen MR) is 55.8 cm³/mol. The second-order valence-electron chi connectivity index (χ2n) is 2.50. The van der Waals surface area contributed by atoms with Crippen molar-refractivity contribution >= 4 is 24.2 Å². The van der Waals surface area contributed by atoms with E-state index in [1.807, 2.05) is 0 Å². The number of hydrogen-bond donors (Lipinski definition) is 3. The number of nitrogens with two attached hydrogens (primary N) is 1. The second kappa shape index (κ2) is 4.61. The lowest BCUT2D eigenvalue weighted by Gasteiger charge is -2.03. The van der Waals surface area contributed by atoms with Gasteiger partial charge in [0, 0.05) is 11.9 Å². The summed E-state index contributed by atoms with van der Waals surface area (Å²) in [5, 5.41) is 9.24. The Hall–Kier alpha value is -1.56. The van der Waals surface area contributed by atoms with E-state index in [0.717, 1.165) is 0 Å². The molecule has 0 aliphatic rings. The fourth-order valence-corrected chi connectivity index (χ4v) is 1.21. The lowest BCUT2D eigenvalue weighted by atomic mass is 10.2. The molecule has 14 heavy (non-hydrogen) atoms. The van der Waals surface area contributed by atoms with Crippen molar-refractivity contribution in [3.63, 3.8) is 0 Å². The standard InChI is InChI=1S/C8H10N4OS/c1-10-8(13)6-4-5(11-12-9)2-3-7(6)14/h2-4,14H,1H3,(H2,9,11)(H,10,13). The van der Waals surface area contributed by atoms with Gasteiger partial charge in [-0.2, -0.15) is 0 Å². The van der Waals surface area contributed by atoms with E-state index in [-0.39, 0.29) is 5.91 Å². The molecule has 0 saturated heterocycles. The lowest BCUT2D eigenvalue weighted by molar-refractivity contribution is 0.0960. The summed E-state index contributed by atoms with van der Waals surface area (Å²) < 4.78 is 0. The Morgan fingerprint density at radius 3 is 2.86 bits per heavy atom. The monoisotopic (exact) mass is 210 g/mol. The van der Waals surface area contributed by atoms with Gasteiger partial charge in [-0.3, -0.25) is 4.79 Å². The number of rotatable bonds is 2. The fraction of sp³-hybridized carbons (Fsp3) is 0.125. The average Bonchev–Trinajstić information content (AvgIpc) is 2.20. The van der Waals surface area contributed by atoms with Gasteiger partial charge in [0.05, 0.1) is 11.3 Å². The van der Waals surface area contributed by atoms with Crippen molar-refractivity contribution in [2.75, 3.05) is 7.05 Å². The van der Waals surface area contributed by atoms with Gasteiger partial charge in [-0.05, 0) is 18.2 Å². The van der Waals surface area contributed by atoms with Crippen LogP contribution in [-0.2, 0) is 0 Å². The summed E-state index contributed by atoms with van der Waals surface area (Å²) in [4.78, 5) is 11.9. The van der Waals surface area contributed by atoms with Gasteiger partial charge in [0.1, 0.15) is 0 Å². The molecule has 3 N–H and O–H groups in total. The molecule has 5 nitrogen and oxygen atoms in total. The first kappa shape index (κ1) is 10.5. The molecule has 1 amide bonds. The van der Waals surface area contributed by atoms with E-state index < -0.39 is 0 Å². The molecule has 1 rings (SSSR count). The zero-order chi connectivity index (χ0) is 10.6. The lowest BCUT2D eigenvalue weighted by Crippen LogP contribution is -2.18. The quantitative estimate of drug-likeness (QED) is 0.297. The minimum atomic E-state index is -0.218. The third-order valence-corrected chi connectivity index (χ3v) is 2.02. The first-order valence-corrected chi connectivity index (χ1v) is 4.29. The number of amides is 1. The van der Waals surface area contributed by atoms with Gasteiger partial charge in [0.2, 0.25) is 0 Å². The molecule has 0 radical (unpaired) electrons. The van der Waals surface area contributed by atoms with Gasteiger partial charge in [-0.1, -0.05) is 5.22 Å². The van der Waals surface area contributed by atoms with Crippen molar-refractivity contribution in [2.24, 2.45) is 16.2 Å². The third kappa shape index (κ3) is 2.23. The molecule has 6 heteroatoms. The van der Waals surface area contributed by atoms with Gasteiger partial charge in [0.15, 0.2) is 0 Å². The van der Waals surface area contributed by atoms with Crippen molar-refractivity contribution in [1.82, 2.24) is 5.32 Å². The smallest absolute Gasteiger partial charge is 0.252 e. The molecule has 0 atom stereocenters. The molecule has 0 fully saturated rings. The largest absolute Gasteiger partial charge is 0.355 e. The normalized spacial score (nSPS) is 10.4. The molecule has 0 aromatic heterocycles. The van der Waals surface area contributed by atoms with Crippen LogP contribution in [0.1, 0.15) is 10.4 Å². The van der Waals surface area contributed by atoms with Gasteiger partial charge < -0.3 is 11.2 Å². The molecule has 0 spiro atoms. The summed E-state index contributed by atoms with van der Waals surface area (Å²) in [6.45, 7) is 0. The van der Waals surface area contributed by atoms with Crippen LogP contribution in [0.5, 0.6) is 0 Å². The van der Waals surface area contributed by atoms with Crippen LogP contribution in [0.3, 0.4) is 0 Å². The van der Waals surface area contributed by atoms with Crippen molar-refractivity contribution in [3.8, 4) is 0 Å². The first-order chi connectivity index (χ1) is 6.69. The van der Waals surface area contributed by atoms with Crippen LogP contribution in [0.25, 0.3) is 0 Å². The van der Waals surface area contributed by atoms with Crippen LogP contribution in [0.15, 0.2) is 33.4 Å². The summed E-state index contributed by atoms with van der Waals surface area (Å²) >= 11 is 4.14. The first-order valence-electron chi connectivity index (χ1n) is 3.85. The molecule has 0 saturated carbocycles. The summed E-state index contributed by atoms with van der Waals surface area (Å²) in [6.07, 6.45) is 0. The van der Waals surface area contributed by atoms with Crippen LogP contribution in [-0.4, -0.2) is 13.0 Å². The van der Waals surface area contributed by atoms with E-state index in [2.05, 4.69) is 28.3 Å². The molecule has 0 aliphatic carbocycles. The maximum atomic E-state index is 11.3. The average molecular weight is 210 g/mol. The van der Waals surface area contributed by atoms with E-state index in [0.29, 0.717) is 16.1 Å². The highest BCUT2D eigenvalue weighted by Crippen LogP contribution is 2.20. The van der Waals surface area contributed by atoms with E-state index in [4.69, 9.17) is 5.84 Å². The predicted octanol–water partition coefficient (Wildman–Crippen LogP) is 1.29. The van der Waals surface area contributed by atoms with Crippen molar-refractivity contribution in [1.29, 1.82) is 0 Å². The molecular weight excluding hydrogens is 200 g/mol. The van der Waals surface area contributed by atoms with E-state index >= 15 is 0 Å². The Morgan fingerprint density at radius 2 is 2.29 bits per heavy atom. The van der Waals surface area contributed by atoms with E-state index in [9.17, 15) is 4.79 Å². The highest BCUT2D eigenvalue weighted by molar-refractivity contribution is 7.80. The zero-order valence-corrected chi connectivity index (χ0v) is 8.45. The Kier molecular flexibility index (Phi) is 3.47.